The van der Waals surface area contributed by atoms with E-state index in [4.69, 9.17) is 5.10 Å². The standard InChI is InChI=1S/C21H27N3O/c25-21(18-10-4-11-18)20-15-19-16-23(13-6-14-24(19)22-20)12-5-9-17-7-2-1-3-8-17/h1-3,5,7-9,15,18,21,25H,4,6,10-14,16H2/b9-5+/t21-/m0/s1. The topological polar surface area (TPSA) is 41.3 Å². The van der Waals surface area contributed by atoms with Crippen molar-refractivity contribution in [1.29, 1.82) is 0 Å². The molecule has 132 valence electrons. The predicted octanol–water partition coefficient (Wildman–Crippen LogP) is 3.64. The highest BCUT2D eigenvalue weighted by Crippen LogP contribution is 2.37. The van der Waals surface area contributed by atoms with Gasteiger partial charge in [-0.15, -0.1) is 0 Å². The lowest BCUT2D eigenvalue weighted by atomic mass is 9.80. The molecule has 2 heterocycles. The maximum absolute atomic E-state index is 10.5. The van der Waals surface area contributed by atoms with Crippen LogP contribution >= 0.6 is 0 Å². The van der Waals surface area contributed by atoms with Gasteiger partial charge in [0, 0.05) is 26.2 Å². The first-order chi connectivity index (χ1) is 12.3. The number of aliphatic hydroxyl groups is 1. The van der Waals surface area contributed by atoms with E-state index in [2.05, 4.69) is 52.1 Å². The molecule has 0 saturated heterocycles. The number of aromatic nitrogens is 2. The zero-order valence-electron chi connectivity index (χ0n) is 14.7. The molecule has 0 unspecified atom stereocenters. The quantitative estimate of drug-likeness (QED) is 0.906. The lowest BCUT2D eigenvalue weighted by Gasteiger charge is -2.29. The molecule has 1 aliphatic carbocycles. The minimum Gasteiger partial charge on any atom is -0.386 e. The van der Waals surface area contributed by atoms with Gasteiger partial charge in [-0.1, -0.05) is 48.9 Å². The first-order valence-corrected chi connectivity index (χ1v) is 9.48. The van der Waals surface area contributed by atoms with Crippen LogP contribution in [-0.2, 0) is 13.1 Å². The highest BCUT2D eigenvalue weighted by molar-refractivity contribution is 5.48. The van der Waals surface area contributed by atoms with Gasteiger partial charge in [-0.3, -0.25) is 9.58 Å². The maximum Gasteiger partial charge on any atom is 0.101 e. The van der Waals surface area contributed by atoms with Crippen molar-refractivity contribution < 1.29 is 5.11 Å². The number of aliphatic hydroxyl groups excluding tert-OH is 1. The predicted molar refractivity (Wildman–Crippen MR) is 99.9 cm³/mol. The van der Waals surface area contributed by atoms with E-state index in [-0.39, 0.29) is 6.10 Å². The molecule has 25 heavy (non-hydrogen) atoms. The van der Waals surface area contributed by atoms with Gasteiger partial charge in [0.2, 0.25) is 0 Å². The van der Waals surface area contributed by atoms with Crippen molar-refractivity contribution in [3.05, 3.63) is 59.4 Å². The van der Waals surface area contributed by atoms with Crippen LogP contribution in [-0.4, -0.2) is 32.9 Å². The van der Waals surface area contributed by atoms with Crippen molar-refractivity contribution in [3.63, 3.8) is 0 Å². The first kappa shape index (κ1) is 16.6. The van der Waals surface area contributed by atoms with Crippen LogP contribution in [0.15, 0.2) is 42.5 Å². The van der Waals surface area contributed by atoms with Crippen LogP contribution in [0.3, 0.4) is 0 Å². The molecule has 2 aliphatic rings. The highest BCUT2D eigenvalue weighted by atomic mass is 16.3. The Hall–Kier alpha value is -1.91. The number of hydrogen-bond acceptors (Lipinski definition) is 3. The van der Waals surface area contributed by atoms with Crippen LogP contribution < -0.4 is 0 Å². The third-order valence-electron chi connectivity index (χ3n) is 5.48. The SMILES string of the molecule is O[C@H](c1cc2n(n1)CCCN(C/C=C/c1ccccc1)C2)C1CCC1. The Morgan fingerprint density at radius 3 is 2.76 bits per heavy atom. The van der Waals surface area contributed by atoms with E-state index in [1.807, 2.05) is 6.07 Å². The molecule has 1 N–H and O–H groups in total. The van der Waals surface area contributed by atoms with E-state index in [0.717, 1.165) is 51.1 Å². The second-order valence-electron chi connectivity index (χ2n) is 7.32. The van der Waals surface area contributed by atoms with Crippen molar-refractivity contribution in [2.24, 2.45) is 5.92 Å². The normalized spacial score (nSPS) is 20.2. The van der Waals surface area contributed by atoms with Crippen molar-refractivity contribution in [3.8, 4) is 0 Å². The van der Waals surface area contributed by atoms with Crippen LogP contribution in [0.2, 0.25) is 0 Å². The summed E-state index contributed by atoms with van der Waals surface area (Å²) in [6.45, 7) is 3.89. The number of fused-ring (bicyclic) bond motifs is 1. The van der Waals surface area contributed by atoms with Gasteiger partial charge in [0.05, 0.1) is 11.4 Å². The van der Waals surface area contributed by atoms with Crippen molar-refractivity contribution >= 4 is 6.08 Å². The van der Waals surface area contributed by atoms with Gasteiger partial charge < -0.3 is 5.11 Å². The van der Waals surface area contributed by atoms with E-state index >= 15 is 0 Å². The summed E-state index contributed by atoms with van der Waals surface area (Å²) >= 11 is 0. The van der Waals surface area contributed by atoms with E-state index in [9.17, 15) is 5.11 Å². The molecule has 1 atom stereocenters. The summed E-state index contributed by atoms with van der Waals surface area (Å²) in [5.74, 6) is 0.420. The van der Waals surface area contributed by atoms with E-state index in [0.29, 0.717) is 5.92 Å². The second-order valence-corrected chi connectivity index (χ2v) is 7.32. The van der Waals surface area contributed by atoms with Gasteiger partial charge in [0.25, 0.3) is 0 Å². The number of aryl methyl sites for hydroxylation is 1. The zero-order chi connectivity index (χ0) is 17.1. The van der Waals surface area contributed by atoms with E-state index in [1.165, 1.54) is 17.7 Å². The maximum atomic E-state index is 10.5. The van der Waals surface area contributed by atoms with Gasteiger partial charge in [0.1, 0.15) is 6.10 Å². The van der Waals surface area contributed by atoms with Crippen LogP contribution in [0.5, 0.6) is 0 Å². The minimum atomic E-state index is -0.375. The number of benzene rings is 1. The monoisotopic (exact) mass is 337 g/mol. The summed E-state index contributed by atoms with van der Waals surface area (Å²) in [5.41, 5.74) is 3.36. The Bertz CT molecular complexity index is 718. The van der Waals surface area contributed by atoms with Crippen molar-refractivity contribution in [1.82, 2.24) is 14.7 Å². The Morgan fingerprint density at radius 1 is 1.16 bits per heavy atom. The average molecular weight is 337 g/mol. The molecule has 0 radical (unpaired) electrons. The summed E-state index contributed by atoms with van der Waals surface area (Å²) in [5, 5.41) is 15.2. The van der Waals surface area contributed by atoms with E-state index in [1.54, 1.807) is 0 Å². The first-order valence-electron chi connectivity index (χ1n) is 9.48. The molecule has 1 aromatic carbocycles. The molecule has 2 aromatic rings. The zero-order valence-corrected chi connectivity index (χ0v) is 14.7. The number of nitrogens with zero attached hydrogens (tertiary/aromatic N) is 3. The van der Waals surface area contributed by atoms with Crippen molar-refractivity contribution in [2.45, 2.75) is 44.9 Å². The fourth-order valence-corrected chi connectivity index (χ4v) is 3.75. The summed E-state index contributed by atoms with van der Waals surface area (Å²) in [6.07, 6.45) is 8.68. The molecular weight excluding hydrogens is 310 g/mol. The molecule has 0 spiro atoms. The van der Waals surface area contributed by atoms with Gasteiger partial charge in [-0.25, -0.2) is 0 Å². The summed E-state index contributed by atoms with van der Waals surface area (Å²) in [4.78, 5) is 2.46. The third-order valence-corrected chi connectivity index (χ3v) is 5.48. The van der Waals surface area contributed by atoms with Crippen molar-refractivity contribution in [2.75, 3.05) is 13.1 Å². The minimum absolute atomic E-state index is 0.375. The summed E-state index contributed by atoms with van der Waals surface area (Å²) in [6, 6.07) is 12.6. The molecule has 1 saturated carbocycles. The Kier molecular flexibility index (Phi) is 4.99. The fourth-order valence-electron chi connectivity index (χ4n) is 3.75. The molecule has 4 rings (SSSR count). The Balaban J connectivity index is 1.40. The largest absolute Gasteiger partial charge is 0.386 e. The van der Waals surface area contributed by atoms with Gasteiger partial charge in [-0.2, -0.15) is 5.10 Å². The number of rotatable bonds is 5. The molecular formula is C21H27N3O. The molecule has 1 aliphatic heterocycles. The molecule has 0 bridgehead atoms. The van der Waals surface area contributed by atoms with Gasteiger partial charge in [-0.05, 0) is 36.8 Å². The number of hydrogen-bond donors (Lipinski definition) is 1. The Labute approximate surface area is 149 Å². The highest BCUT2D eigenvalue weighted by Gasteiger charge is 2.29. The summed E-state index contributed by atoms with van der Waals surface area (Å²) in [7, 11) is 0. The molecule has 4 nitrogen and oxygen atoms in total. The molecule has 1 aromatic heterocycles. The molecule has 0 amide bonds. The van der Waals surface area contributed by atoms with E-state index < -0.39 is 0 Å². The lowest BCUT2D eigenvalue weighted by Crippen LogP contribution is -2.23. The third kappa shape index (κ3) is 3.86. The van der Waals surface area contributed by atoms with Crippen LogP contribution in [0.4, 0.5) is 0 Å². The second kappa shape index (κ2) is 7.54. The molecule has 4 heteroatoms. The van der Waals surface area contributed by atoms with Crippen LogP contribution in [0, 0.1) is 5.92 Å². The van der Waals surface area contributed by atoms with Gasteiger partial charge in [0.15, 0.2) is 0 Å². The summed E-state index contributed by atoms with van der Waals surface area (Å²) < 4.78 is 2.11. The molecule has 1 fully saturated rings. The Morgan fingerprint density at radius 2 is 2.00 bits per heavy atom. The lowest BCUT2D eigenvalue weighted by molar-refractivity contribution is 0.0581. The van der Waals surface area contributed by atoms with Crippen LogP contribution in [0.1, 0.15) is 48.7 Å². The smallest absolute Gasteiger partial charge is 0.101 e. The average Bonchev–Trinajstić information content (AvgIpc) is 2.88. The van der Waals surface area contributed by atoms with Gasteiger partial charge >= 0.3 is 0 Å². The fraction of sp³-hybridized carbons (Fsp3) is 0.476. The van der Waals surface area contributed by atoms with Crippen LogP contribution in [0.25, 0.3) is 6.08 Å².